The second kappa shape index (κ2) is 5.97. The van der Waals surface area contributed by atoms with Gasteiger partial charge in [0, 0.05) is 32.4 Å². The Bertz CT molecular complexity index is 1020. The minimum Gasteiger partial charge on any atom is -0.355 e. The molecule has 3 heterocycles. The van der Waals surface area contributed by atoms with Crippen LogP contribution in [0.2, 0.25) is 0 Å². The average molecular weight is 337 g/mol. The second-order valence-electron chi connectivity index (χ2n) is 5.85. The first-order chi connectivity index (χ1) is 12.1. The number of nitrogens with zero attached hydrogens (tertiary/aromatic N) is 7. The van der Waals surface area contributed by atoms with Crippen LogP contribution in [0.25, 0.3) is 16.7 Å². The number of halogens is 1. The van der Waals surface area contributed by atoms with E-state index in [1.807, 2.05) is 31.4 Å². The van der Waals surface area contributed by atoms with E-state index in [1.165, 1.54) is 18.5 Å². The summed E-state index contributed by atoms with van der Waals surface area (Å²) in [7, 11) is 3.85. The van der Waals surface area contributed by atoms with Crippen LogP contribution in [0.15, 0.2) is 49.2 Å². The molecule has 0 fully saturated rings. The highest BCUT2D eigenvalue weighted by Gasteiger charge is 2.14. The van der Waals surface area contributed by atoms with Crippen molar-refractivity contribution in [1.29, 1.82) is 0 Å². The minimum absolute atomic E-state index is 0.285. The maximum Gasteiger partial charge on any atom is 0.168 e. The maximum atomic E-state index is 13.2. The molecule has 4 aromatic rings. The zero-order valence-corrected chi connectivity index (χ0v) is 13.8. The van der Waals surface area contributed by atoms with Crippen molar-refractivity contribution in [3.05, 3.63) is 60.6 Å². The lowest BCUT2D eigenvalue weighted by atomic mass is 10.3. The number of aromatic nitrogens is 6. The minimum atomic E-state index is -0.285. The Labute approximate surface area is 143 Å². The lowest BCUT2D eigenvalue weighted by Gasteiger charge is -2.17. The lowest BCUT2D eigenvalue weighted by Crippen LogP contribution is -2.17. The molecule has 4 rings (SSSR count). The Morgan fingerprint density at radius 3 is 2.60 bits per heavy atom. The summed E-state index contributed by atoms with van der Waals surface area (Å²) in [6.07, 6.45) is 7.04. The van der Waals surface area contributed by atoms with Crippen molar-refractivity contribution < 1.29 is 4.39 Å². The van der Waals surface area contributed by atoms with E-state index in [0.29, 0.717) is 12.2 Å². The number of anilines is 1. The molecule has 7 nitrogen and oxygen atoms in total. The average Bonchev–Trinajstić information content (AvgIpc) is 3.21. The first-order valence-electron chi connectivity index (χ1n) is 7.75. The molecule has 0 N–H and O–H groups in total. The van der Waals surface area contributed by atoms with Gasteiger partial charge in [0.25, 0.3) is 0 Å². The fourth-order valence-electron chi connectivity index (χ4n) is 2.81. The second-order valence-corrected chi connectivity index (χ2v) is 5.85. The number of rotatable bonds is 4. The lowest BCUT2D eigenvalue weighted by molar-refractivity contribution is 0.627. The third-order valence-electron chi connectivity index (χ3n) is 3.96. The van der Waals surface area contributed by atoms with Gasteiger partial charge in [0.2, 0.25) is 0 Å². The van der Waals surface area contributed by atoms with Crippen LogP contribution in [0, 0.1) is 5.82 Å². The van der Waals surface area contributed by atoms with Gasteiger partial charge in [0.1, 0.15) is 18.0 Å². The van der Waals surface area contributed by atoms with Crippen molar-refractivity contribution in [3.8, 4) is 5.69 Å². The van der Waals surface area contributed by atoms with Crippen molar-refractivity contribution >= 4 is 16.9 Å². The smallest absolute Gasteiger partial charge is 0.168 e. The van der Waals surface area contributed by atoms with Gasteiger partial charge in [0.15, 0.2) is 5.65 Å². The molecule has 3 aromatic heterocycles. The van der Waals surface area contributed by atoms with Gasteiger partial charge < -0.3 is 4.90 Å². The summed E-state index contributed by atoms with van der Waals surface area (Å²) < 4.78 is 16.6. The van der Waals surface area contributed by atoms with Crippen LogP contribution in [-0.2, 0) is 13.6 Å². The highest BCUT2D eigenvalue weighted by Crippen LogP contribution is 2.24. The Kier molecular flexibility index (Phi) is 3.64. The van der Waals surface area contributed by atoms with Crippen LogP contribution in [0.5, 0.6) is 0 Å². The molecule has 0 amide bonds. The molecule has 0 aliphatic heterocycles. The van der Waals surface area contributed by atoms with Crippen molar-refractivity contribution in [2.24, 2.45) is 7.05 Å². The molecule has 0 unspecified atom stereocenters. The summed E-state index contributed by atoms with van der Waals surface area (Å²) in [6, 6.07) is 6.14. The van der Waals surface area contributed by atoms with Crippen molar-refractivity contribution in [3.63, 3.8) is 0 Å². The molecule has 0 aliphatic rings. The Hall–Kier alpha value is -3.29. The Morgan fingerprint density at radius 1 is 1.08 bits per heavy atom. The number of benzene rings is 1. The normalized spacial score (nSPS) is 11.2. The highest BCUT2D eigenvalue weighted by atomic mass is 19.1. The van der Waals surface area contributed by atoms with Crippen LogP contribution >= 0.6 is 0 Å². The molecule has 0 saturated heterocycles. The quantitative estimate of drug-likeness (QED) is 0.572. The van der Waals surface area contributed by atoms with Crippen LogP contribution in [0.3, 0.4) is 0 Å². The first kappa shape index (κ1) is 15.3. The molecule has 0 radical (unpaired) electrons. The van der Waals surface area contributed by atoms with E-state index in [9.17, 15) is 4.39 Å². The van der Waals surface area contributed by atoms with Crippen LogP contribution in [-0.4, -0.2) is 36.6 Å². The molecule has 25 heavy (non-hydrogen) atoms. The number of aryl methyl sites for hydroxylation is 1. The molecular formula is C17H16FN7. The monoisotopic (exact) mass is 337 g/mol. The zero-order chi connectivity index (χ0) is 17.4. The van der Waals surface area contributed by atoms with Crippen LogP contribution in [0.1, 0.15) is 5.56 Å². The summed E-state index contributed by atoms with van der Waals surface area (Å²) in [5.74, 6) is 0.494. The van der Waals surface area contributed by atoms with Gasteiger partial charge in [-0.2, -0.15) is 10.2 Å². The molecule has 8 heteroatoms. The number of fused-ring (bicyclic) bond motifs is 1. The molecule has 0 spiro atoms. The standard InChI is InChI=1S/C17H16FN7/c1-23(9-12-7-21-24(2)10-12)16-15-8-22-25(17(15)20-11-19-16)14-5-3-13(18)4-6-14/h3-8,10-11H,9H2,1-2H3. The first-order valence-corrected chi connectivity index (χ1v) is 7.75. The third-order valence-corrected chi connectivity index (χ3v) is 3.96. The van der Waals surface area contributed by atoms with Gasteiger partial charge in [0.05, 0.1) is 23.5 Å². The van der Waals surface area contributed by atoms with E-state index in [1.54, 1.807) is 27.7 Å². The van der Waals surface area contributed by atoms with Gasteiger partial charge in [-0.3, -0.25) is 4.68 Å². The summed E-state index contributed by atoms with van der Waals surface area (Å²) in [5, 5.41) is 9.42. The molecule has 0 aliphatic carbocycles. The van der Waals surface area contributed by atoms with Crippen molar-refractivity contribution in [1.82, 2.24) is 29.5 Å². The van der Waals surface area contributed by atoms with Crippen LogP contribution < -0.4 is 4.90 Å². The Morgan fingerprint density at radius 2 is 1.88 bits per heavy atom. The summed E-state index contributed by atoms with van der Waals surface area (Å²) in [4.78, 5) is 10.8. The van der Waals surface area contributed by atoms with E-state index < -0.39 is 0 Å². The summed E-state index contributed by atoms with van der Waals surface area (Å²) in [6.45, 7) is 0.668. The molecule has 0 atom stereocenters. The fraction of sp³-hybridized carbons (Fsp3) is 0.176. The summed E-state index contributed by atoms with van der Waals surface area (Å²) >= 11 is 0. The van der Waals surface area contributed by atoms with Gasteiger partial charge in [-0.25, -0.2) is 19.0 Å². The third kappa shape index (κ3) is 2.82. The SMILES string of the molecule is CN(Cc1cnn(C)c1)c1ncnc2c1cnn2-c1ccc(F)cc1. The number of hydrogen-bond acceptors (Lipinski definition) is 5. The van der Waals surface area contributed by atoms with Gasteiger partial charge in [-0.05, 0) is 24.3 Å². The molecule has 0 bridgehead atoms. The fourth-order valence-corrected chi connectivity index (χ4v) is 2.81. The molecule has 1 aromatic carbocycles. The van der Waals surface area contributed by atoms with Crippen LogP contribution in [0.4, 0.5) is 10.2 Å². The molecule has 126 valence electrons. The van der Waals surface area contributed by atoms with Crippen molar-refractivity contribution in [2.45, 2.75) is 6.54 Å². The van der Waals surface area contributed by atoms with Gasteiger partial charge in [-0.1, -0.05) is 0 Å². The van der Waals surface area contributed by atoms with E-state index in [-0.39, 0.29) is 5.82 Å². The Balaban J connectivity index is 1.72. The topological polar surface area (TPSA) is 64.7 Å². The van der Waals surface area contributed by atoms with E-state index in [0.717, 1.165) is 22.5 Å². The van der Waals surface area contributed by atoms with E-state index >= 15 is 0 Å². The molecule has 0 saturated carbocycles. The predicted octanol–water partition coefficient (Wildman–Crippen LogP) is 2.32. The molecular weight excluding hydrogens is 321 g/mol. The van der Waals surface area contributed by atoms with E-state index in [2.05, 4.69) is 20.2 Å². The largest absolute Gasteiger partial charge is 0.355 e. The highest BCUT2D eigenvalue weighted by molar-refractivity contribution is 5.87. The van der Waals surface area contributed by atoms with Gasteiger partial charge in [-0.15, -0.1) is 0 Å². The van der Waals surface area contributed by atoms with E-state index in [4.69, 9.17) is 0 Å². The van der Waals surface area contributed by atoms with Crippen molar-refractivity contribution in [2.75, 3.05) is 11.9 Å². The predicted molar refractivity (Wildman–Crippen MR) is 91.9 cm³/mol. The zero-order valence-electron chi connectivity index (χ0n) is 13.8. The summed E-state index contributed by atoms with van der Waals surface area (Å²) in [5.41, 5.74) is 2.51. The van der Waals surface area contributed by atoms with Gasteiger partial charge >= 0.3 is 0 Å². The number of hydrogen-bond donors (Lipinski definition) is 0. The maximum absolute atomic E-state index is 13.2.